The molecule has 2 bridgehead atoms. The van der Waals surface area contributed by atoms with E-state index in [9.17, 15) is 27.9 Å². The van der Waals surface area contributed by atoms with Gasteiger partial charge >= 0.3 is 12.1 Å². The highest BCUT2D eigenvalue weighted by Gasteiger charge is 2.59. The molecule has 0 saturated carbocycles. The number of alkyl halides is 3. The van der Waals surface area contributed by atoms with Crippen molar-refractivity contribution in [3.63, 3.8) is 0 Å². The summed E-state index contributed by atoms with van der Waals surface area (Å²) < 4.78 is 39.4. The Hall–Kier alpha value is -2.51. The third-order valence-electron chi connectivity index (χ3n) is 6.85. The summed E-state index contributed by atoms with van der Waals surface area (Å²) >= 11 is 0. The van der Waals surface area contributed by atoms with Gasteiger partial charge in [-0.3, -0.25) is 9.59 Å². The van der Waals surface area contributed by atoms with Crippen LogP contribution < -0.4 is 5.32 Å². The lowest BCUT2D eigenvalue weighted by atomic mass is 9.51. The van der Waals surface area contributed by atoms with Crippen LogP contribution in [0, 0.1) is 5.41 Å². The molecule has 0 radical (unpaired) electrons. The van der Waals surface area contributed by atoms with Gasteiger partial charge in [-0.2, -0.15) is 13.2 Å². The van der Waals surface area contributed by atoms with E-state index in [-0.39, 0.29) is 30.0 Å². The molecule has 2 aliphatic rings. The Balaban J connectivity index is 2.08. The van der Waals surface area contributed by atoms with Crippen LogP contribution in [0.25, 0.3) is 0 Å². The van der Waals surface area contributed by atoms with Crippen molar-refractivity contribution in [2.75, 3.05) is 11.9 Å². The Kier molecular flexibility index (Phi) is 4.75. The number of likely N-dealkylation sites (tertiary alicyclic amines) is 1. The minimum atomic E-state index is -4.93. The number of carbonyl (C=O) groups is 2. The molecule has 1 aromatic carbocycles. The number of nitrogens with zero attached hydrogens (tertiary/aromatic N) is 1. The third kappa shape index (κ3) is 3.18. The van der Waals surface area contributed by atoms with Gasteiger partial charge in [-0.25, -0.2) is 0 Å². The lowest BCUT2D eigenvalue weighted by molar-refractivity contribution is -0.195. The molecule has 2 amide bonds. The van der Waals surface area contributed by atoms with E-state index in [1.807, 2.05) is 20.8 Å². The second-order valence-electron chi connectivity index (χ2n) is 8.78. The molecule has 2 N–H and O–H groups in total. The first kappa shape index (κ1) is 21.2. The van der Waals surface area contributed by atoms with Gasteiger partial charge in [0.05, 0.1) is 5.69 Å². The average Bonchev–Trinajstić information content (AvgIpc) is 2.58. The molecule has 2 atom stereocenters. The molecular formula is C21H25F3N2O3. The van der Waals surface area contributed by atoms with Crippen LogP contribution in [0.15, 0.2) is 24.3 Å². The van der Waals surface area contributed by atoms with Crippen molar-refractivity contribution in [1.82, 2.24) is 4.90 Å². The highest BCUT2D eigenvalue weighted by atomic mass is 19.4. The van der Waals surface area contributed by atoms with Gasteiger partial charge in [0.15, 0.2) is 0 Å². The number of hydrogen-bond acceptors (Lipinski definition) is 3. The number of phenolic OH excluding ortho intramolecular Hbond substituents is 1. The number of hydrogen-bond donors (Lipinski definition) is 2. The van der Waals surface area contributed by atoms with Crippen LogP contribution >= 0.6 is 0 Å². The Morgan fingerprint density at radius 1 is 1.28 bits per heavy atom. The highest BCUT2D eigenvalue weighted by Crippen LogP contribution is 2.57. The summed E-state index contributed by atoms with van der Waals surface area (Å²) in [5.74, 6) is -2.42. The van der Waals surface area contributed by atoms with Crippen LogP contribution in [0.3, 0.4) is 0 Å². The van der Waals surface area contributed by atoms with Crippen molar-refractivity contribution in [3.05, 3.63) is 35.4 Å². The zero-order chi connectivity index (χ0) is 21.9. The number of benzene rings is 1. The minimum Gasteiger partial charge on any atom is -0.506 e. The fourth-order valence-electron chi connectivity index (χ4n) is 4.68. The van der Waals surface area contributed by atoms with E-state index in [1.165, 1.54) is 6.07 Å². The van der Waals surface area contributed by atoms with Crippen molar-refractivity contribution in [2.24, 2.45) is 5.41 Å². The number of fused-ring (bicyclic) bond motifs is 4. The molecule has 1 saturated heterocycles. The van der Waals surface area contributed by atoms with Crippen molar-refractivity contribution in [3.8, 4) is 5.75 Å². The standard InChI is InChI=1S/C21H25F3N2O3/c1-11(2)17(28)25-14-10-13-12(8-15(14)27)9-16-19(3,4)20(13,5)6-7-26(16)18(29)21(22,23)24/h8,10,16,27H,1,6-7,9H2,2-5H3,(H,25,28)/t16-,20+/m1/s1. The van der Waals surface area contributed by atoms with Gasteiger partial charge in [-0.05, 0) is 48.4 Å². The van der Waals surface area contributed by atoms with Crippen molar-refractivity contribution >= 4 is 17.5 Å². The molecule has 158 valence electrons. The molecule has 0 aromatic heterocycles. The summed E-state index contributed by atoms with van der Waals surface area (Å²) in [5, 5.41) is 13.0. The lowest BCUT2D eigenvalue weighted by Gasteiger charge is -2.60. The van der Waals surface area contributed by atoms with Crippen molar-refractivity contribution < 1.29 is 27.9 Å². The number of anilines is 1. The largest absolute Gasteiger partial charge is 0.506 e. The van der Waals surface area contributed by atoms with Crippen molar-refractivity contribution in [2.45, 2.75) is 58.2 Å². The molecule has 1 aromatic rings. The number of aromatic hydroxyl groups is 1. The topological polar surface area (TPSA) is 69.6 Å². The molecule has 1 aliphatic heterocycles. The maximum absolute atomic E-state index is 13.1. The fourth-order valence-corrected chi connectivity index (χ4v) is 4.68. The first-order valence-electron chi connectivity index (χ1n) is 9.41. The molecule has 1 aliphatic carbocycles. The first-order valence-corrected chi connectivity index (χ1v) is 9.41. The number of phenols is 1. The van der Waals surface area contributed by atoms with Crippen LogP contribution in [-0.4, -0.2) is 40.6 Å². The molecule has 1 fully saturated rings. The van der Waals surface area contributed by atoms with Crippen LogP contribution in [-0.2, 0) is 21.4 Å². The van der Waals surface area contributed by atoms with E-state index in [2.05, 4.69) is 11.9 Å². The zero-order valence-corrected chi connectivity index (χ0v) is 16.9. The molecule has 8 heteroatoms. The molecule has 1 heterocycles. The summed E-state index contributed by atoms with van der Waals surface area (Å²) in [5.41, 5.74) is 0.888. The van der Waals surface area contributed by atoms with E-state index < -0.39 is 34.9 Å². The maximum Gasteiger partial charge on any atom is 0.471 e. The number of piperidine rings is 1. The number of nitrogens with one attached hydrogen (secondary N) is 1. The summed E-state index contributed by atoms with van der Waals surface area (Å²) in [4.78, 5) is 24.9. The normalized spacial score (nSPS) is 25.2. The number of halogens is 3. The molecule has 0 spiro atoms. The number of amides is 2. The Morgan fingerprint density at radius 2 is 1.90 bits per heavy atom. The number of rotatable bonds is 2. The van der Waals surface area contributed by atoms with Crippen molar-refractivity contribution in [1.29, 1.82) is 0 Å². The van der Waals surface area contributed by atoms with E-state index in [0.29, 0.717) is 12.0 Å². The van der Waals surface area contributed by atoms with Crippen LogP contribution in [0.4, 0.5) is 18.9 Å². The summed E-state index contributed by atoms with van der Waals surface area (Å²) in [7, 11) is 0. The van der Waals surface area contributed by atoms with Gasteiger partial charge < -0.3 is 15.3 Å². The Bertz CT molecular complexity index is 907. The molecule has 0 unspecified atom stereocenters. The Morgan fingerprint density at radius 3 is 2.45 bits per heavy atom. The van der Waals surface area contributed by atoms with E-state index in [4.69, 9.17) is 0 Å². The van der Waals surface area contributed by atoms with E-state index >= 15 is 0 Å². The van der Waals surface area contributed by atoms with Gasteiger partial charge in [0.2, 0.25) is 0 Å². The van der Waals surface area contributed by atoms with E-state index in [1.54, 1.807) is 13.0 Å². The van der Waals surface area contributed by atoms with Gasteiger partial charge in [0, 0.05) is 23.6 Å². The second kappa shape index (κ2) is 6.50. The molecule has 5 nitrogen and oxygen atoms in total. The average molecular weight is 410 g/mol. The fraction of sp³-hybridized carbons (Fsp3) is 0.524. The summed E-state index contributed by atoms with van der Waals surface area (Å²) in [6.45, 7) is 10.8. The van der Waals surface area contributed by atoms with Crippen LogP contribution in [0.2, 0.25) is 0 Å². The second-order valence-corrected chi connectivity index (χ2v) is 8.78. The quantitative estimate of drug-likeness (QED) is 0.574. The van der Waals surface area contributed by atoms with E-state index in [0.717, 1.165) is 10.5 Å². The van der Waals surface area contributed by atoms with Gasteiger partial charge in [0.25, 0.3) is 5.91 Å². The van der Waals surface area contributed by atoms with Gasteiger partial charge in [-0.1, -0.05) is 27.4 Å². The predicted octanol–water partition coefficient (Wildman–Crippen LogP) is 3.91. The zero-order valence-electron chi connectivity index (χ0n) is 16.9. The monoisotopic (exact) mass is 410 g/mol. The SMILES string of the molecule is C=C(C)C(=O)Nc1cc2c(cc1O)C[C@H]1N(C(=O)C(F)(F)F)CC[C@]2(C)C1(C)C. The summed E-state index contributed by atoms with van der Waals surface area (Å²) in [6, 6.07) is 2.52. The third-order valence-corrected chi connectivity index (χ3v) is 6.85. The molecule has 3 rings (SSSR count). The van der Waals surface area contributed by atoms with Gasteiger partial charge in [0.1, 0.15) is 5.75 Å². The predicted molar refractivity (Wildman–Crippen MR) is 103 cm³/mol. The Labute approximate surface area is 167 Å². The molecular weight excluding hydrogens is 385 g/mol. The highest BCUT2D eigenvalue weighted by molar-refractivity contribution is 6.03. The van der Waals surface area contributed by atoms with Crippen LogP contribution in [0.5, 0.6) is 5.75 Å². The lowest BCUT2D eigenvalue weighted by Crippen LogP contribution is -2.66. The summed E-state index contributed by atoms with van der Waals surface area (Å²) in [6.07, 6.45) is -4.39. The maximum atomic E-state index is 13.1. The number of carbonyl (C=O) groups excluding carboxylic acids is 2. The minimum absolute atomic E-state index is 0.00326. The van der Waals surface area contributed by atoms with Gasteiger partial charge in [-0.15, -0.1) is 0 Å². The van der Waals surface area contributed by atoms with Crippen LogP contribution in [0.1, 0.15) is 45.2 Å². The molecule has 29 heavy (non-hydrogen) atoms. The smallest absolute Gasteiger partial charge is 0.471 e. The first-order chi connectivity index (χ1) is 13.2.